The van der Waals surface area contributed by atoms with E-state index >= 15 is 0 Å². The van der Waals surface area contributed by atoms with Gasteiger partial charge in [-0.2, -0.15) is 0 Å². The summed E-state index contributed by atoms with van der Waals surface area (Å²) in [4.78, 5) is 29.6. The van der Waals surface area contributed by atoms with E-state index in [0.29, 0.717) is 22.6 Å². The van der Waals surface area contributed by atoms with Crippen molar-refractivity contribution < 1.29 is 9.53 Å². The number of hydrogen-bond donors (Lipinski definition) is 1. The van der Waals surface area contributed by atoms with Gasteiger partial charge in [-0.05, 0) is 29.8 Å². The van der Waals surface area contributed by atoms with E-state index in [2.05, 4.69) is 16.2 Å². The van der Waals surface area contributed by atoms with E-state index in [1.807, 2.05) is 36.4 Å². The number of benzene rings is 2. The summed E-state index contributed by atoms with van der Waals surface area (Å²) in [5, 5.41) is 3.63. The number of amides is 1. The van der Waals surface area contributed by atoms with Crippen LogP contribution < -0.4 is 15.6 Å². The number of methoxy groups -OCH3 is 1. The van der Waals surface area contributed by atoms with Crippen LogP contribution in [-0.4, -0.2) is 34.9 Å². The minimum atomic E-state index is -0.207. The molecule has 0 saturated carbocycles. The Morgan fingerprint density at radius 1 is 1.25 bits per heavy atom. The first-order valence-electron chi connectivity index (χ1n) is 8.58. The standard InChI is InChI=1S/C21H19N3O3S/c1-3-12-22-19(25)14-28-21-23-18-7-5-4-6-17(18)20(26)24(21)13-15-8-10-16(27-2)11-9-15/h1,4-11H,12-14H2,2H3,(H,22,25). The minimum Gasteiger partial charge on any atom is -0.497 e. The molecule has 0 radical (unpaired) electrons. The van der Waals surface area contributed by atoms with E-state index in [9.17, 15) is 9.59 Å². The molecule has 0 aliphatic rings. The number of nitrogens with zero attached hydrogens (tertiary/aromatic N) is 2. The summed E-state index contributed by atoms with van der Waals surface area (Å²) in [5.41, 5.74) is 1.39. The third-order valence-electron chi connectivity index (χ3n) is 4.05. The fourth-order valence-electron chi connectivity index (χ4n) is 2.64. The molecule has 1 N–H and O–H groups in total. The number of fused-ring (bicyclic) bond motifs is 1. The quantitative estimate of drug-likeness (QED) is 0.379. The zero-order valence-electron chi connectivity index (χ0n) is 15.3. The lowest BCUT2D eigenvalue weighted by molar-refractivity contribution is -0.118. The molecule has 0 spiro atoms. The van der Waals surface area contributed by atoms with Crippen LogP contribution >= 0.6 is 11.8 Å². The van der Waals surface area contributed by atoms with Crippen LogP contribution in [0.2, 0.25) is 0 Å². The molecule has 0 atom stereocenters. The number of thioether (sulfide) groups is 1. The third-order valence-corrected chi connectivity index (χ3v) is 5.02. The first-order valence-corrected chi connectivity index (χ1v) is 9.56. The van der Waals surface area contributed by atoms with Gasteiger partial charge in [0.25, 0.3) is 5.56 Å². The van der Waals surface area contributed by atoms with Gasteiger partial charge in [0.15, 0.2) is 5.16 Å². The fourth-order valence-corrected chi connectivity index (χ4v) is 3.47. The van der Waals surface area contributed by atoms with Gasteiger partial charge in [0.2, 0.25) is 5.91 Å². The number of carbonyl (C=O) groups is 1. The van der Waals surface area contributed by atoms with Gasteiger partial charge in [0.1, 0.15) is 5.75 Å². The lowest BCUT2D eigenvalue weighted by atomic mass is 10.2. The van der Waals surface area contributed by atoms with Crippen LogP contribution in [0.1, 0.15) is 5.56 Å². The molecule has 3 aromatic rings. The Hall–Kier alpha value is -3.24. The van der Waals surface area contributed by atoms with Crippen molar-refractivity contribution >= 4 is 28.6 Å². The Balaban J connectivity index is 1.95. The number of para-hydroxylation sites is 1. The van der Waals surface area contributed by atoms with Crippen LogP contribution in [0.3, 0.4) is 0 Å². The SMILES string of the molecule is C#CCNC(=O)CSc1nc2ccccc2c(=O)n1Cc1ccc(OC)cc1. The van der Waals surface area contributed by atoms with E-state index in [0.717, 1.165) is 11.3 Å². The molecule has 0 saturated heterocycles. The van der Waals surface area contributed by atoms with E-state index in [1.165, 1.54) is 11.8 Å². The second-order valence-corrected chi connectivity index (χ2v) is 6.86. The molecule has 28 heavy (non-hydrogen) atoms. The van der Waals surface area contributed by atoms with Crippen molar-refractivity contribution in [2.75, 3.05) is 19.4 Å². The maximum atomic E-state index is 13.1. The minimum absolute atomic E-state index is 0.120. The van der Waals surface area contributed by atoms with Crippen molar-refractivity contribution in [1.82, 2.24) is 14.9 Å². The Kier molecular flexibility index (Phi) is 6.35. The highest BCUT2D eigenvalue weighted by molar-refractivity contribution is 7.99. The maximum Gasteiger partial charge on any atom is 0.262 e. The van der Waals surface area contributed by atoms with E-state index in [4.69, 9.17) is 11.2 Å². The molecule has 7 heteroatoms. The second-order valence-electron chi connectivity index (χ2n) is 5.92. The zero-order chi connectivity index (χ0) is 19.9. The summed E-state index contributed by atoms with van der Waals surface area (Å²) >= 11 is 1.21. The van der Waals surface area contributed by atoms with Crippen molar-refractivity contribution in [1.29, 1.82) is 0 Å². The Labute approximate surface area is 166 Å². The molecular formula is C21H19N3O3S. The van der Waals surface area contributed by atoms with Gasteiger partial charge in [-0.3, -0.25) is 14.2 Å². The average molecular weight is 393 g/mol. The monoisotopic (exact) mass is 393 g/mol. The third kappa shape index (κ3) is 4.53. The van der Waals surface area contributed by atoms with Gasteiger partial charge >= 0.3 is 0 Å². The van der Waals surface area contributed by atoms with Gasteiger partial charge in [-0.15, -0.1) is 6.42 Å². The van der Waals surface area contributed by atoms with Gasteiger partial charge < -0.3 is 10.1 Å². The molecule has 3 rings (SSSR count). The molecule has 1 amide bonds. The fraction of sp³-hybridized carbons (Fsp3) is 0.190. The van der Waals surface area contributed by atoms with E-state index < -0.39 is 0 Å². The lowest BCUT2D eigenvalue weighted by Gasteiger charge is -2.13. The summed E-state index contributed by atoms with van der Waals surface area (Å²) in [6.45, 7) is 0.512. The molecule has 2 aromatic carbocycles. The van der Waals surface area contributed by atoms with Crippen LogP contribution in [0.25, 0.3) is 10.9 Å². The summed E-state index contributed by atoms with van der Waals surface area (Å²) in [6, 6.07) is 14.7. The number of hydrogen-bond acceptors (Lipinski definition) is 5. The van der Waals surface area contributed by atoms with E-state index in [-0.39, 0.29) is 23.8 Å². The topological polar surface area (TPSA) is 73.2 Å². The van der Waals surface area contributed by atoms with Crippen LogP contribution in [0, 0.1) is 12.3 Å². The first kappa shape index (κ1) is 19.5. The van der Waals surface area contributed by atoms with E-state index in [1.54, 1.807) is 23.8 Å². The number of ether oxygens (including phenoxy) is 1. The highest BCUT2D eigenvalue weighted by atomic mass is 32.2. The number of aromatic nitrogens is 2. The Morgan fingerprint density at radius 2 is 2.00 bits per heavy atom. The van der Waals surface area contributed by atoms with Gasteiger partial charge in [-0.25, -0.2) is 4.98 Å². The number of terminal acetylenes is 1. The van der Waals surface area contributed by atoms with Gasteiger partial charge in [-0.1, -0.05) is 41.9 Å². The number of carbonyl (C=O) groups excluding carboxylic acids is 1. The molecule has 0 unspecified atom stereocenters. The van der Waals surface area contributed by atoms with Crippen LogP contribution in [0.4, 0.5) is 0 Å². The molecular weight excluding hydrogens is 374 g/mol. The predicted octanol–water partition coefficient (Wildman–Crippen LogP) is 2.29. The van der Waals surface area contributed by atoms with Crippen molar-refractivity contribution in [3.8, 4) is 18.1 Å². The lowest BCUT2D eigenvalue weighted by Crippen LogP contribution is -2.27. The van der Waals surface area contributed by atoms with Crippen LogP contribution in [0.5, 0.6) is 5.75 Å². The highest BCUT2D eigenvalue weighted by Crippen LogP contribution is 2.19. The molecule has 1 aromatic heterocycles. The smallest absolute Gasteiger partial charge is 0.262 e. The molecule has 0 fully saturated rings. The Morgan fingerprint density at radius 3 is 2.71 bits per heavy atom. The van der Waals surface area contributed by atoms with Crippen LogP contribution in [-0.2, 0) is 11.3 Å². The van der Waals surface area contributed by atoms with Crippen molar-refractivity contribution in [2.24, 2.45) is 0 Å². The normalized spacial score (nSPS) is 10.4. The summed E-state index contributed by atoms with van der Waals surface area (Å²) in [6.07, 6.45) is 5.16. The van der Waals surface area contributed by atoms with Crippen LogP contribution in [0.15, 0.2) is 58.5 Å². The average Bonchev–Trinajstić information content (AvgIpc) is 2.73. The van der Waals surface area contributed by atoms with Crippen molar-refractivity contribution in [2.45, 2.75) is 11.7 Å². The van der Waals surface area contributed by atoms with Crippen molar-refractivity contribution in [3.63, 3.8) is 0 Å². The first-order chi connectivity index (χ1) is 13.6. The van der Waals surface area contributed by atoms with Gasteiger partial charge in [0.05, 0.1) is 36.9 Å². The summed E-state index contributed by atoms with van der Waals surface area (Å²) in [7, 11) is 1.60. The molecule has 0 aliphatic heterocycles. The second kappa shape index (κ2) is 9.11. The molecule has 6 nitrogen and oxygen atoms in total. The Bertz CT molecular complexity index is 1080. The summed E-state index contributed by atoms with van der Waals surface area (Å²) in [5.74, 6) is 3.02. The molecule has 0 bridgehead atoms. The van der Waals surface area contributed by atoms with Gasteiger partial charge in [0, 0.05) is 0 Å². The highest BCUT2D eigenvalue weighted by Gasteiger charge is 2.13. The molecule has 142 valence electrons. The molecule has 0 aliphatic carbocycles. The number of nitrogens with one attached hydrogen (secondary N) is 1. The largest absolute Gasteiger partial charge is 0.497 e. The molecule has 1 heterocycles. The number of rotatable bonds is 7. The predicted molar refractivity (Wildman–Crippen MR) is 111 cm³/mol. The zero-order valence-corrected chi connectivity index (χ0v) is 16.2. The van der Waals surface area contributed by atoms with Crippen molar-refractivity contribution in [3.05, 3.63) is 64.4 Å². The maximum absolute atomic E-state index is 13.1. The summed E-state index contributed by atoms with van der Waals surface area (Å²) < 4.78 is 6.76.